The number of hydrogen-bond donors (Lipinski definition) is 1. The van der Waals surface area contributed by atoms with Gasteiger partial charge < -0.3 is 9.55 Å². The Morgan fingerprint density at radius 1 is 1.27 bits per heavy atom. The summed E-state index contributed by atoms with van der Waals surface area (Å²) in [6.07, 6.45) is 7.52. The number of hydrogen-bond acceptors (Lipinski definition) is 3. The highest BCUT2D eigenvalue weighted by Crippen LogP contribution is 2.31. The molecule has 1 fully saturated rings. The average molecular weight is 295 g/mol. The van der Waals surface area contributed by atoms with Crippen molar-refractivity contribution in [2.45, 2.75) is 31.8 Å². The number of aryl methyl sites for hydroxylation is 1. The Bertz CT molecular complexity index is 739. The van der Waals surface area contributed by atoms with Crippen LogP contribution in [0.25, 0.3) is 11.0 Å². The van der Waals surface area contributed by atoms with E-state index in [9.17, 15) is 0 Å². The fourth-order valence-electron chi connectivity index (χ4n) is 3.37. The molecule has 22 heavy (non-hydrogen) atoms. The van der Waals surface area contributed by atoms with Crippen LogP contribution in [0, 0.1) is 0 Å². The molecule has 1 aromatic carbocycles. The highest BCUT2D eigenvalue weighted by molar-refractivity contribution is 5.74. The van der Waals surface area contributed by atoms with Crippen LogP contribution in [0.3, 0.4) is 0 Å². The Kier molecular flexibility index (Phi) is 3.42. The van der Waals surface area contributed by atoms with Crippen molar-refractivity contribution in [2.24, 2.45) is 7.05 Å². The van der Waals surface area contributed by atoms with E-state index in [-0.39, 0.29) is 0 Å². The second kappa shape index (κ2) is 5.57. The number of nitrogens with one attached hydrogen (secondary N) is 1. The maximum absolute atomic E-state index is 4.82. The van der Waals surface area contributed by atoms with Crippen LogP contribution in [0.2, 0.25) is 0 Å². The highest BCUT2D eigenvalue weighted by atomic mass is 15.2. The van der Waals surface area contributed by atoms with Crippen LogP contribution in [-0.2, 0) is 13.6 Å². The molecule has 0 aliphatic carbocycles. The van der Waals surface area contributed by atoms with Gasteiger partial charge in [0.05, 0.1) is 29.1 Å². The van der Waals surface area contributed by atoms with Crippen LogP contribution < -0.4 is 0 Å². The van der Waals surface area contributed by atoms with Crippen molar-refractivity contribution in [1.82, 2.24) is 24.4 Å². The monoisotopic (exact) mass is 295 g/mol. The third-order valence-corrected chi connectivity index (χ3v) is 4.62. The second-order valence-corrected chi connectivity index (χ2v) is 6.12. The van der Waals surface area contributed by atoms with E-state index in [4.69, 9.17) is 4.98 Å². The largest absolute Gasteiger partial charge is 0.341 e. The van der Waals surface area contributed by atoms with Gasteiger partial charge in [-0.3, -0.25) is 4.90 Å². The predicted molar refractivity (Wildman–Crippen MR) is 86.3 cm³/mol. The molecule has 0 spiro atoms. The SMILES string of the molecule is Cn1cncc1CN1CCCC[C@H]1c1nc2ccccc2[nH]1. The maximum atomic E-state index is 4.82. The summed E-state index contributed by atoms with van der Waals surface area (Å²) in [4.78, 5) is 15.1. The van der Waals surface area contributed by atoms with Gasteiger partial charge in [0.1, 0.15) is 5.82 Å². The van der Waals surface area contributed by atoms with Crippen LogP contribution in [0.1, 0.15) is 36.8 Å². The Balaban J connectivity index is 1.63. The number of nitrogens with zero attached hydrogens (tertiary/aromatic N) is 4. The van der Waals surface area contributed by atoms with Crippen LogP contribution >= 0.6 is 0 Å². The van der Waals surface area contributed by atoms with E-state index in [0.717, 1.165) is 36.4 Å². The van der Waals surface area contributed by atoms with Crippen molar-refractivity contribution in [3.63, 3.8) is 0 Å². The minimum atomic E-state index is 0.371. The molecule has 5 heteroatoms. The lowest BCUT2D eigenvalue weighted by Gasteiger charge is -2.34. The van der Waals surface area contributed by atoms with Crippen molar-refractivity contribution in [1.29, 1.82) is 0 Å². The van der Waals surface area contributed by atoms with Gasteiger partial charge in [0.15, 0.2) is 0 Å². The van der Waals surface area contributed by atoms with Gasteiger partial charge in [-0.05, 0) is 31.5 Å². The fourth-order valence-corrected chi connectivity index (χ4v) is 3.37. The Morgan fingerprint density at radius 3 is 3.00 bits per heavy atom. The maximum Gasteiger partial charge on any atom is 0.124 e. The van der Waals surface area contributed by atoms with E-state index in [0.29, 0.717) is 6.04 Å². The van der Waals surface area contributed by atoms with E-state index in [1.54, 1.807) is 0 Å². The molecule has 0 bridgehead atoms. The van der Waals surface area contributed by atoms with Crippen LogP contribution in [0.5, 0.6) is 0 Å². The molecule has 1 aliphatic heterocycles. The van der Waals surface area contributed by atoms with Gasteiger partial charge in [0, 0.05) is 19.8 Å². The molecule has 3 heterocycles. The van der Waals surface area contributed by atoms with E-state index in [2.05, 4.69) is 44.7 Å². The van der Waals surface area contributed by atoms with Gasteiger partial charge >= 0.3 is 0 Å². The highest BCUT2D eigenvalue weighted by Gasteiger charge is 2.27. The first-order chi connectivity index (χ1) is 10.8. The number of benzene rings is 1. The molecule has 114 valence electrons. The molecular weight excluding hydrogens is 274 g/mol. The molecule has 5 nitrogen and oxygen atoms in total. The lowest BCUT2D eigenvalue weighted by atomic mass is 10.0. The van der Waals surface area contributed by atoms with Crippen molar-refractivity contribution in [2.75, 3.05) is 6.54 Å². The second-order valence-electron chi connectivity index (χ2n) is 6.12. The van der Waals surface area contributed by atoms with Gasteiger partial charge in [-0.25, -0.2) is 9.97 Å². The number of imidazole rings is 2. The van der Waals surface area contributed by atoms with Crippen LogP contribution in [0.15, 0.2) is 36.8 Å². The quantitative estimate of drug-likeness (QED) is 0.808. The zero-order valence-corrected chi connectivity index (χ0v) is 12.9. The zero-order chi connectivity index (χ0) is 14.9. The van der Waals surface area contributed by atoms with Gasteiger partial charge in [-0.1, -0.05) is 18.6 Å². The van der Waals surface area contributed by atoms with E-state index < -0.39 is 0 Å². The summed E-state index contributed by atoms with van der Waals surface area (Å²) in [5.74, 6) is 1.10. The molecule has 0 radical (unpaired) electrons. The lowest BCUT2D eigenvalue weighted by Crippen LogP contribution is -2.34. The molecule has 0 amide bonds. The summed E-state index contributed by atoms with van der Waals surface area (Å²) < 4.78 is 2.10. The van der Waals surface area contributed by atoms with Gasteiger partial charge in [0.25, 0.3) is 0 Å². The van der Waals surface area contributed by atoms with Crippen molar-refractivity contribution in [3.8, 4) is 0 Å². The smallest absolute Gasteiger partial charge is 0.124 e. The number of rotatable bonds is 3. The molecule has 0 saturated carbocycles. The van der Waals surface area contributed by atoms with E-state index in [1.807, 2.05) is 18.6 Å². The molecule has 1 saturated heterocycles. The third kappa shape index (κ3) is 2.41. The zero-order valence-electron chi connectivity index (χ0n) is 12.9. The predicted octanol–water partition coefficient (Wildman–Crippen LogP) is 3.02. The normalized spacial score (nSPS) is 19.8. The first-order valence-corrected chi connectivity index (χ1v) is 7.95. The molecule has 1 atom stereocenters. The lowest BCUT2D eigenvalue weighted by molar-refractivity contribution is 0.132. The first-order valence-electron chi connectivity index (χ1n) is 7.95. The number of para-hydroxylation sites is 2. The van der Waals surface area contributed by atoms with Crippen LogP contribution in [-0.4, -0.2) is 31.0 Å². The minimum Gasteiger partial charge on any atom is -0.341 e. The number of aromatic nitrogens is 4. The number of H-pyrrole nitrogens is 1. The number of fused-ring (bicyclic) bond motifs is 1. The topological polar surface area (TPSA) is 49.7 Å². The number of aromatic amines is 1. The van der Waals surface area contributed by atoms with E-state index >= 15 is 0 Å². The van der Waals surface area contributed by atoms with E-state index in [1.165, 1.54) is 18.5 Å². The summed E-state index contributed by atoms with van der Waals surface area (Å²) in [6.45, 7) is 2.05. The van der Waals surface area contributed by atoms with Gasteiger partial charge in [-0.15, -0.1) is 0 Å². The number of likely N-dealkylation sites (tertiary alicyclic amines) is 1. The molecule has 0 unspecified atom stereocenters. The minimum absolute atomic E-state index is 0.371. The van der Waals surface area contributed by atoms with Gasteiger partial charge in [-0.2, -0.15) is 0 Å². The standard InChI is InChI=1S/C17H21N5/c1-21-12-18-10-13(21)11-22-9-5-4-8-16(22)17-19-14-6-2-3-7-15(14)20-17/h2-3,6-7,10,12,16H,4-5,8-9,11H2,1H3,(H,19,20)/t16-/m0/s1. The first kappa shape index (κ1) is 13.5. The number of piperidine rings is 1. The summed E-state index contributed by atoms with van der Waals surface area (Å²) in [6, 6.07) is 8.64. The Morgan fingerprint density at radius 2 is 2.18 bits per heavy atom. The fraction of sp³-hybridized carbons (Fsp3) is 0.412. The van der Waals surface area contributed by atoms with Crippen molar-refractivity contribution < 1.29 is 0 Å². The summed E-state index contributed by atoms with van der Waals surface area (Å²) in [7, 11) is 2.06. The van der Waals surface area contributed by atoms with Gasteiger partial charge in [0.2, 0.25) is 0 Å². The Labute approximate surface area is 130 Å². The molecule has 2 aromatic heterocycles. The third-order valence-electron chi connectivity index (χ3n) is 4.62. The molecule has 4 rings (SSSR count). The molecular formula is C17H21N5. The molecule has 3 aromatic rings. The molecule has 1 aliphatic rings. The van der Waals surface area contributed by atoms with Crippen molar-refractivity contribution >= 4 is 11.0 Å². The summed E-state index contributed by atoms with van der Waals surface area (Å²) >= 11 is 0. The average Bonchev–Trinajstić information content (AvgIpc) is 3.14. The van der Waals surface area contributed by atoms with Crippen LogP contribution in [0.4, 0.5) is 0 Å². The Hall–Kier alpha value is -2.14. The summed E-state index contributed by atoms with van der Waals surface area (Å²) in [5.41, 5.74) is 3.44. The van der Waals surface area contributed by atoms with Crippen molar-refractivity contribution in [3.05, 3.63) is 48.3 Å². The summed E-state index contributed by atoms with van der Waals surface area (Å²) in [5, 5.41) is 0. The molecule has 1 N–H and O–H groups in total.